The molecule has 54 valence electrons. The zero-order chi connectivity index (χ0) is 6.69. The van der Waals surface area contributed by atoms with Crippen LogP contribution in [0.5, 0.6) is 0 Å². The first-order valence-electron chi connectivity index (χ1n) is 3.18. The number of rotatable bonds is 2. The number of hydrogen-bond acceptors (Lipinski definition) is 3. The van der Waals surface area contributed by atoms with Crippen molar-refractivity contribution >= 4 is 11.8 Å². The molecule has 1 saturated heterocycles. The molecule has 3 heteroatoms. The average molecular weight is 148 g/mol. The first kappa shape index (κ1) is 7.38. The van der Waals surface area contributed by atoms with Crippen LogP contribution in [0.15, 0.2) is 0 Å². The van der Waals surface area contributed by atoms with Crippen LogP contribution in [0.4, 0.5) is 0 Å². The third kappa shape index (κ3) is 1.60. The number of aliphatic hydroxyl groups excluding tert-OH is 2. The van der Waals surface area contributed by atoms with Crippen molar-refractivity contribution in [2.24, 2.45) is 11.8 Å². The Kier molecular flexibility index (Phi) is 2.82. The van der Waals surface area contributed by atoms with Gasteiger partial charge in [0, 0.05) is 13.2 Å². The van der Waals surface area contributed by atoms with Gasteiger partial charge in [-0.1, -0.05) is 0 Å². The van der Waals surface area contributed by atoms with Crippen LogP contribution in [-0.4, -0.2) is 34.9 Å². The van der Waals surface area contributed by atoms with Crippen LogP contribution in [0.25, 0.3) is 0 Å². The van der Waals surface area contributed by atoms with Crippen LogP contribution in [0, 0.1) is 11.8 Å². The first-order chi connectivity index (χ1) is 4.38. The third-order valence-corrected chi connectivity index (χ3v) is 3.13. The van der Waals surface area contributed by atoms with E-state index < -0.39 is 0 Å². The lowest BCUT2D eigenvalue weighted by Gasteiger charge is -2.11. The molecule has 1 aliphatic heterocycles. The highest BCUT2D eigenvalue weighted by atomic mass is 32.2. The van der Waals surface area contributed by atoms with Crippen molar-refractivity contribution in [3.05, 3.63) is 0 Å². The second kappa shape index (κ2) is 3.44. The maximum atomic E-state index is 8.74. The zero-order valence-electron chi connectivity index (χ0n) is 5.29. The molecular formula is C6H12O2S. The summed E-state index contributed by atoms with van der Waals surface area (Å²) in [7, 11) is 0. The Morgan fingerprint density at radius 3 is 1.89 bits per heavy atom. The molecule has 9 heavy (non-hydrogen) atoms. The Balaban J connectivity index is 2.32. The van der Waals surface area contributed by atoms with Crippen molar-refractivity contribution in [1.29, 1.82) is 0 Å². The zero-order valence-corrected chi connectivity index (χ0v) is 6.10. The fraction of sp³-hybridized carbons (Fsp3) is 1.00. The molecular weight excluding hydrogens is 136 g/mol. The maximum Gasteiger partial charge on any atom is 0.0470 e. The third-order valence-electron chi connectivity index (χ3n) is 1.80. The normalized spacial score (nSPS) is 35.3. The molecule has 1 fully saturated rings. The van der Waals surface area contributed by atoms with Crippen LogP contribution in [0.2, 0.25) is 0 Å². The van der Waals surface area contributed by atoms with E-state index in [1.807, 2.05) is 11.8 Å². The molecule has 0 bridgehead atoms. The largest absolute Gasteiger partial charge is 0.396 e. The Labute approximate surface area is 59.3 Å². The van der Waals surface area contributed by atoms with Crippen LogP contribution < -0.4 is 0 Å². The quantitative estimate of drug-likeness (QED) is 0.577. The summed E-state index contributed by atoms with van der Waals surface area (Å²) in [5.74, 6) is 2.73. The molecule has 0 amide bonds. The summed E-state index contributed by atoms with van der Waals surface area (Å²) in [6.07, 6.45) is 0. The summed E-state index contributed by atoms with van der Waals surface area (Å²) in [5, 5.41) is 17.5. The number of aliphatic hydroxyl groups is 2. The van der Waals surface area contributed by atoms with Crippen LogP contribution in [0.1, 0.15) is 0 Å². The van der Waals surface area contributed by atoms with Crippen molar-refractivity contribution in [1.82, 2.24) is 0 Å². The van der Waals surface area contributed by atoms with Gasteiger partial charge in [0.1, 0.15) is 0 Å². The molecule has 2 nitrogen and oxygen atoms in total. The highest BCUT2D eigenvalue weighted by molar-refractivity contribution is 7.99. The molecule has 0 aromatic carbocycles. The van der Waals surface area contributed by atoms with E-state index in [0.717, 1.165) is 11.5 Å². The van der Waals surface area contributed by atoms with Gasteiger partial charge in [-0.3, -0.25) is 0 Å². The molecule has 1 heterocycles. The van der Waals surface area contributed by atoms with Gasteiger partial charge < -0.3 is 10.2 Å². The minimum absolute atomic E-state index is 0.234. The van der Waals surface area contributed by atoms with Gasteiger partial charge in [-0.2, -0.15) is 11.8 Å². The number of hydrogen-bond donors (Lipinski definition) is 2. The van der Waals surface area contributed by atoms with Crippen molar-refractivity contribution in [2.45, 2.75) is 0 Å². The SMILES string of the molecule is OCC1CSCC1CO. The fourth-order valence-electron chi connectivity index (χ4n) is 1.05. The van der Waals surface area contributed by atoms with E-state index >= 15 is 0 Å². The Morgan fingerprint density at radius 2 is 1.56 bits per heavy atom. The lowest BCUT2D eigenvalue weighted by molar-refractivity contribution is 0.152. The van der Waals surface area contributed by atoms with Crippen LogP contribution >= 0.6 is 11.8 Å². The van der Waals surface area contributed by atoms with Gasteiger partial charge in [-0.05, 0) is 23.3 Å². The van der Waals surface area contributed by atoms with Crippen LogP contribution in [-0.2, 0) is 0 Å². The topological polar surface area (TPSA) is 40.5 Å². The standard InChI is InChI=1S/C6H12O2S/c7-1-5-3-9-4-6(5)2-8/h5-8H,1-4H2. The van der Waals surface area contributed by atoms with Gasteiger partial charge in [0.2, 0.25) is 0 Å². The molecule has 0 radical (unpaired) electrons. The van der Waals surface area contributed by atoms with Gasteiger partial charge in [0.15, 0.2) is 0 Å². The van der Waals surface area contributed by atoms with E-state index in [4.69, 9.17) is 10.2 Å². The van der Waals surface area contributed by atoms with Gasteiger partial charge in [0.05, 0.1) is 0 Å². The monoisotopic (exact) mass is 148 g/mol. The van der Waals surface area contributed by atoms with E-state index in [2.05, 4.69) is 0 Å². The van der Waals surface area contributed by atoms with Gasteiger partial charge in [-0.15, -0.1) is 0 Å². The smallest absolute Gasteiger partial charge is 0.0470 e. The van der Waals surface area contributed by atoms with E-state index in [9.17, 15) is 0 Å². The van der Waals surface area contributed by atoms with Crippen molar-refractivity contribution in [3.63, 3.8) is 0 Å². The molecule has 1 rings (SSSR count). The predicted molar refractivity (Wildman–Crippen MR) is 38.5 cm³/mol. The minimum Gasteiger partial charge on any atom is -0.396 e. The van der Waals surface area contributed by atoms with Crippen molar-refractivity contribution < 1.29 is 10.2 Å². The molecule has 2 atom stereocenters. The Morgan fingerprint density at radius 1 is 1.11 bits per heavy atom. The molecule has 0 aromatic rings. The summed E-state index contributed by atoms with van der Waals surface area (Å²) in [6, 6.07) is 0. The summed E-state index contributed by atoms with van der Waals surface area (Å²) in [4.78, 5) is 0. The van der Waals surface area contributed by atoms with Gasteiger partial charge in [0.25, 0.3) is 0 Å². The molecule has 2 unspecified atom stereocenters. The van der Waals surface area contributed by atoms with Crippen LogP contribution in [0.3, 0.4) is 0 Å². The Hall–Kier alpha value is 0.270. The molecule has 0 saturated carbocycles. The lowest BCUT2D eigenvalue weighted by Crippen LogP contribution is -2.19. The molecule has 0 spiro atoms. The summed E-state index contributed by atoms with van der Waals surface area (Å²) >= 11 is 1.82. The predicted octanol–water partition coefficient (Wildman–Crippen LogP) is -0.0498. The molecule has 2 N–H and O–H groups in total. The van der Waals surface area contributed by atoms with E-state index in [1.54, 1.807) is 0 Å². The van der Waals surface area contributed by atoms with E-state index in [1.165, 1.54) is 0 Å². The number of thioether (sulfide) groups is 1. The van der Waals surface area contributed by atoms with Gasteiger partial charge in [-0.25, -0.2) is 0 Å². The van der Waals surface area contributed by atoms with E-state index in [-0.39, 0.29) is 13.2 Å². The molecule has 0 aromatic heterocycles. The fourth-order valence-corrected chi connectivity index (χ4v) is 2.54. The van der Waals surface area contributed by atoms with Crippen molar-refractivity contribution in [2.75, 3.05) is 24.7 Å². The van der Waals surface area contributed by atoms with Gasteiger partial charge >= 0.3 is 0 Å². The lowest BCUT2D eigenvalue weighted by atomic mass is 9.98. The minimum atomic E-state index is 0.234. The summed E-state index contributed by atoms with van der Waals surface area (Å²) in [5.41, 5.74) is 0. The summed E-state index contributed by atoms with van der Waals surface area (Å²) < 4.78 is 0. The first-order valence-corrected chi connectivity index (χ1v) is 4.33. The maximum absolute atomic E-state index is 8.74. The van der Waals surface area contributed by atoms with Crippen molar-refractivity contribution in [3.8, 4) is 0 Å². The average Bonchev–Trinajstić information content (AvgIpc) is 2.33. The second-order valence-electron chi connectivity index (χ2n) is 2.42. The highest BCUT2D eigenvalue weighted by Gasteiger charge is 2.25. The Bertz CT molecular complexity index is 77.1. The van der Waals surface area contributed by atoms with E-state index in [0.29, 0.717) is 11.8 Å². The molecule has 1 aliphatic rings. The summed E-state index contributed by atoms with van der Waals surface area (Å²) in [6.45, 7) is 0.469. The second-order valence-corrected chi connectivity index (χ2v) is 3.50. The highest BCUT2D eigenvalue weighted by Crippen LogP contribution is 2.28. The molecule has 0 aliphatic carbocycles.